The number of nitrogens with one attached hydrogen (secondary N) is 1. The van der Waals surface area contributed by atoms with Crippen LogP contribution in [0.15, 0.2) is 41.2 Å². The fourth-order valence-electron chi connectivity index (χ4n) is 0.780. The highest BCUT2D eigenvalue weighted by atomic mass is 15.1. The van der Waals surface area contributed by atoms with Crippen LogP contribution < -0.4 is 0 Å². The molecule has 0 fully saturated rings. The Morgan fingerprint density at radius 1 is 1.27 bits per heavy atom. The predicted octanol–water partition coefficient (Wildman–Crippen LogP) is 3.33. The summed E-state index contributed by atoms with van der Waals surface area (Å²) < 4.78 is 1.65. The third-order valence-electron chi connectivity index (χ3n) is 1.69. The summed E-state index contributed by atoms with van der Waals surface area (Å²) >= 11 is 0. The summed E-state index contributed by atoms with van der Waals surface area (Å²) in [5.74, 6) is 0.228. The minimum atomic E-state index is 0.228. The first-order valence-corrected chi connectivity index (χ1v) is 5.13. The van der Waals surface area contributed by atoms with E-state index in [-0.39, 0.29) is 5.96 Å². The average molecular weight is 205 g/mol. The van der Waals surface area contributed by atoms with Crippen LogP contribution in [-0.2, 0) is 0 Å². The fraction of sp³-hybridized carbons (Fsp3) is 0.333. The van der Waals surface area contributed by atoms with Crippen LogP contribution >= 0.6 is 0 Å². The van der Waals surface area contributed by atoms with Crippen LogP contribution in [-0.4, -0.2) is 16.7 Å². The summed E-state index contributed by atoms with van der Waals surface area (Å²) in [5, 5.41) is 7.55. The van der Waals surface area contributed by atoms with Crippen LogP contribution in [0.2, 0.25) is 0 Å². The van der Waals surface area contributed by atoms with Crippen molar-refractivity contribution in [3.63, 3.8) is 0 Å². The average Bonchev–Trinajstić information content (AvgIpc) is 2.81. The van der Waals surface area contributed by atoms with Gasteiger partial charge in [0.15, 0.2) is 0 Å². The Bertz CT molecular complexity index is 332. The van der Waals surface area contributed by atoms with Gasteiger partial charge in [-0.1, -0.05) is 19.9 Å². The molecular formula is C12H19N3. The summed E-state index contributed by atoms with van der Waals surface area (Å²) in [7, 11) is 0. The minimum Gasteiger partial charge on any atom is -0.293 e. The highest BCUT2D eigenvalue weighted by Gasteiger charge is 1.92. The Balaban J connectivity index is 0.000000921. The van der Waals surface area contributed by atoms with Crippen molar-refractivity contribution in [2.24, 2.45) is 4.99 Å². The maximum Gasteiger partial charge on any atom is 0.226 e. The Labute approximate surface area is 91.7 Å². The van der Waals surface area contributed by atoms with Crippen LogP contribution in [0, 0.1) is 5.41 Å². The zero-order valence-electron chi connectivity index (χ0n) is 9.86. The van der Waals surface area contributed by atoms with E-state index in [1.165, 1.54) is 0 Å². The van der Waals surface area contributed by atoms with Gasteiger partial charge in [-0.25, -0.2) is 4.99 Å². The van der Waals surface area contributed by atoms with E-state index in [0.717, 1.165) is 5.57 Å². The zero-order valence-corrected chi connectivity index (χ0v) is 9.86. The van der Waals surface area contributed by atoms with Crippen LogP contribution in [0.1, 0.15) is 27.7 Å². The molecule has 0 atom stereocenters. The molecule has 0 bridgehead atoms. The molecular weight excluding hydrogens is 186 g/mol. The molecule has 82 valence electrons. The zero-order chi connectivity index (χ0) is 11.7. The van der Waals surface area contributed by atoms with E-state index in [2.05, 4.69) is 4.99 Å². The van der Waals surface area contributed by atoms with E-state index in [9.17, 15) is 0 Å². The van der Waals surface area contributed by atoms with Crippen LogP contribution in [0.25, 0.3) is 0 Å². The van der Waals surface area contributed by atoms with Crippen molar-refractivity contribution in [1.29, 1.82) is 5.41 Å². The normalized spacial score (nSPS) is 11.1. The molecule has 3 heteroatoms. The van der Waals surface area contributed by atoms with Gasteiger partial charge in [0.05, 0.1) is 0 Å². The second-order valence-electron chi connectivity index (χ2n) is 2.70. The lowest BCUT2D eigenvalue weighted by Crippen LogP contribution is -2.04. The van der Waals surface area contributed by atoms with Gasteiger partial charge < -0.3 is 0 Å². The molecule has 0 radical (unpaired) electrons. The van der Waals surface area contributed by atoms with Gasteiger partial charge in [-0.05, 0) is 31.6 Å². The molecule has 1 aromatic rings. The smallest absolute Gasteiger partial charge is 0.226 e. The van der Waals surface area contributed by atoms with E-state index < -0.39 is 0 Å². The number of rotatable bonds is 1. The minimum absolute atomic E-state index is 0.228. The quantitative estimate of drug-likeness (QED) is 0.539. The second-order valence-corrected chi connectivity index (χ2v) is 2.70. The summed E-state index contributed by atoms with van der Waals surface area (Å²) in [6.07, 6.45) is 7.23. The van der Waals surface area contributed by atoms with Crippen LogP contribution in [0.3, 0.4) is 0 Å². The highest BCUT2D eigenvalue weighted by Crippen LogP contribution is 1.92. The number of nitrogens with zero attached hydrogens (tertiary/aromatic N) is 2. The number of hydrogen-bond acceptors (Lipinski definition) is 1. The standard InChI is InChI=1S/C10H13N3.C2H6/c1-3-9(2)8-12-10(11)13-6-4-5-7-13;1-2/h3-8,11H,1-2H3;1-2H3/b9-3-,11-10?,12-8-;. The van der Waals surface area contributed by atoms with Gasteiger partial charge >= 0.3 is 0 Å². The number of allylic oxidation sites excluding steroid dienone is 2. The predicted molar refractivity (Wildman–Crippen MR) is 66.8 cm³/mol. The Morgan fingerprint density at radius 3 is 2.27 bits per heavy atom. The lowest BCUT2D eigenvalue weighted by atomic mass is 10.3. The Morgan fingerprint density at radius 2 is 1.80 bits per heavy atom. The van der Waals surface area contributed by atoms with Crippen molar-refractivity contribution in [2.75, 3.05) is 0 Å². The van der Waals surface area contributed by atoms with E-state index >= 15 is 0 Å². The van der Waals surface area contributed by atoms with Crippen LogP contribution in [0.5, 0.6) is 0 Å². The lowest BCUT2D eigenvalue weighted by Gasteiger charge is -1.96. The van der Waals surface area contributed by atoms with Crippen molar-refractivity contribution in [3.8, 4) is 0 Å². The van der Waals surface area contributed by atoms with E-state index in [4.69, 9.17) is 5.41 Å². The summed E-state index contributed by atoms with van der Waals surface area (Å²) in [5.41, 5.74) is 1.05. The molecule has 0 aliphatic heterocycles. The SMILES string of the molecule is C/C=C(C)\C=N/C(=N)n1cccc1.CC. The molecule has 1 rings (SSSR count). The molecule has 0 aliphatic carbocycles. The number of aliphatic imine (C=N–C) groups is 1. The second kappa shape index (κ2) is 7.74. The number of aromatic nitrogens is 1. The monoisotopic (exact) mass is 205 g/mol. The fourth-order valence-corrected chi connectivity index (χ4v) is 0.780. The van der Waals surface area contributed by atoms with Crippen molar-refractivity contribution >= 4 is 12.2 Å². The molecule has 0 aromatic carbocycles. The third kappa shape index (κ3) is 4.96. The summed E-state index contributed by atoms with van der Waals surface area (Å²) in [6.45, 7) is 7.90. The van der Waals surface area contributed by atoms with Crippen molar-refractivity contribution in [1.82, 2.24) is 4.57 Å². The molecule has 0 unspecified atom stereocenters. The molecule has 0 spiro atoms. The summed E-state index contributed by atoms with van der Waals surface area (Å²) in [4.78, 5) is 3.99. The van der Waals surface area contributed by atoms with Crippen molar-refractivity contribution < 1.29 is 0 Å². The van der Waals surface area contributed by atoms with E-state index in [1.54, 1.807) is 23.2 Å². The lowest BCUT2D eigenvalue weighted by molar-refractivity contribution is 1.11. The highest BCUT2D eigenvalue weighted by molar-refractivity contribution is 5.92. The molecule has 15 heavy (non-hydrogen) atoms. The molecule has 0 saturated heterocycles. The molecule has 3 nitrogen and oxygen atoms in total. The Hall–Kier alpha value is -1.64. The number of hydrogen-bond donors (Lipinski definition) is 1. The van der Waals surface area contributed by atoms with Gasteiger partial charge in [-0.3, -0.25) is 9.98 Å². The molecule has 0 aliphatic rings. The van der Waals surface area contributed by atoms with Gasteiger partial charge in [-0.15, -0.1) is 0 Å². The van der Waals surface area contributed by atoms with Gasteiger partial charge in [0.2, 0.25) is 5.96 Å². The van der Waals surface area contributed by atoms with Crippen molar-refractivity contribution in [3.05, 3.63) is 36.2 Å². The van der Waals surface area contributed by atoms with Gasteiger partial charge in [0.1, 0.15) is 0 Å². The van der Waals surface area contributed by atoms with Gasteiger partial charge in [-0.2, -0.15) is 0 Å². The molecule has 1 N–H and O–H groups in total. The topological polar surface area (TPSA) is 41.1 Å². The van der Waals surface area contributed by atoms with Gasteiger partial charge in [0, 0.05) is 18.6 Å². The first-order valence-electron chi connectivity index (χ1n) is 5.13. The first kappa shape index (κ1) is 13.4. The maximum absolute atomic E-state index is 7.55. The maximum atomic E-state index is 7.55. The van der Waals surface area contributed by atoms with Gasteiger partial charge in [0.25, 0.3) is 0 Å². The molecule has 0 saturated carbocycles. The third-order valence-corrected chi connectivity index (χ3v) is 1.69. The largest absolute Gasteiger partial charge is 0.293 e. The molecule has 0 amide bonds. The molecule has 1 heterocycles. The van der Waals surface area contributed by atoms with Crippen LogP contribution in [0.4, 0.5) is 0 Å². The van der Waals surface area contributed by atoms with Crippen molar-refractivity contribution in [2.45, 2.75) is 27.7 Å². The first-order chi connectivity index (χ1) is 7.24. The molecule has 1 aromatic heterocycles. The Kier molecular flexibility index (Phi) is 6.89. The van der Waals surface area contributed by atoms with E-state index in [1.807, 2.05) is 45.9 Å². The summed E-state index contributed by atoms with van der Waals surface area (Å²) in [6, 6.07) is 3.74. The van der Waals surface area contributed by atoms with E-state index in [0.29, 0.717) is 0 Å².